The van der Waals surface area contributed by atoms with Crippen LogP contribution in [0.3, 0.4) is 0 Å². The van der Waals surface area contributed by atoms with E-state index in [1.165, 1.54) is 17.3 Å². The van der Waals surface area contributed by atoms with Gasteiger partial charge in [-0.15, -0.1) is 22.0 Å². The molecule has 178 valence electrons. The molecule has 1 atom stereocenters. The highest BCUT2D eigenvalue weighted by atomic mass is 32.2. The second kappa shape index (κ2) is 11.0. The van der Waals surface area contributed by atoms with Crippen LogP contribution in [0, 0.1) is 0 Å². The van der Waals surface area contributed by atoms with Gasteiger partial charge in [-0.25, -0.2) is 0 Å². The standard InChI is InChI=1S/C24H27N5O3S2/c1-16(2)17-4-8-19(9-5-17)28-14-25-27-24(28)34-13-22(30)29-15-33-12-21(29)23(31)26-18-6-10-20(32-3)11-7-18/h4-11,14,16,21H,12-13,15H2,1-3H3,(H,26,31). The lowest BCUT2D eigenvalue weighted by molar-refractivity contribution is -0.134. The Morgan fingerprint density at radius 3 is 2.59 bits per heavy atom. The number of carbonyl (C=O) groups excluding carboxylic acids is 2. The second-order valence-corrected chi connectivity index (χ2v) is 10.1. The molecule has 1 saturated heterocycles. The maximum Gasteiger partial charge on any atom is 0.248 e. The van der Waals surface area contributed by atoms with Crippen LogP contribution >= 0.6 is 23.5 Å². The van der Waals surface area contributed by atoms with Crippen molar-refractivity contribution in [3.63, 3.8) is 0 Å². The number of ether oxygens (including phenoxy) is 1. The Labute approximate surface area is 207 Å². The minimum Gasteiger partial charge on any atom is -0.497 e. The zero-order valence-corrected chi connectivity index (χ0v) is 20.9. The van der Waals surface area contributed by atoms with Gasteiger partial charge in [-0.05, 0) is 47.9 Å². The van der Waals surface area contributed by atoms with Crippen molar-refractivity contribution in [3.05, 3.63) is 60.4 Å². The molecule has 0 saturated carbocycles. The summed E-state index contributed by atoms with van der Waals surface area (Å²) in [5, 5.41) is 11.7. The van der Waals surface area contributed by atoms with Crippen LogP contribution in [-0.2, 0) is 9.59 Å². The van der Waals surface area contributed by atoms with Crippen LogP contribution in [0.4, 0.5) is 5.69 Å². The Bertz CT molecular complexity index is 1130. The average Bonchev–Trinajstić information content (AvgIpc) is 3.53. The molecule has 1 unspecified atom stereocenters. The van der Waals surface area contributed by atoms with Crippen molar-refractivity contribution in [2.24, 2.45) is 0 Å². The summed E-state index contributed by atoms with van der Waals surface area (Å²) in [7, 11) is 1.59. The van der Waals surface area contributed by atoms with Gasteiger partial charge in [0.2, 0.25) is 11.8 Å². The maximum atomic E-state index is 13.0. The quantitative estimate of drug-likeness (QED) is 0.470. The molecule has 2 amide bonds. The Morgan fingerprint density at radius 1 is 1.18 bits per heavy atom. The van der Waals surface area contributed by atoms with E-state index in [1.807, 2.05) is 16.7 Å². The fourth-order valence-corrected chi connectivity index (χ4v) is 5.53. The van der Waals surface area contributed by atoms with Crippen molar-refractivity contribution in [1.29, 1.82) is 0 Å². The summed E-state index contributed by atoms with van der Waals surface area (Å²) in [6.45, 7) is 4.31. The Balaban J connectivity index is 1.37. The van der Waals surface area contributed by atoms with Gasteiger partial charge in [0.15, 0.2) is 5.16 Å². The lowest BCUT2D eigenvalue weighted by atomic mass is 10.0. The lowest BCUT2D eigenvalue weighted by Gasteiger charge is -2.23. The molecule has 0 bridgehead atoms. The highest BCUT2D eigenvalue weighted by Crippen LogP contribution is 2.26. The summed E-state index contributed by atoms with van der Waals surface area (Å²) < 4.78 is 7.02. The number of nitrogens with one attached hydrogen (secondary N) is 1. The number of hydrogen-bond acceptors (Lipinski definition) is 7. The highest BCUT2D eigenvalue weighted by molar-refractivity contribution is 8.00. The number of nitrogens with zero attached hydrogens (tertiary/aromatic N) is 4. The first-order valence-corrected chi connectivity index (χ1v) is 13.1. The molecule has 1 aliphatic rings. The molecule has 1 fully saturated rings. The Kier molecular flexibility index (Phi) is 7.79. The predicted octanol–water partition coefficient (Wildman–Crippen LogP) is 4.03. The number of aromatic nitrogens is 3. The lowest BCUT2D eigenvalue weighted by Crippen LogP contribution is -2.45. The highest BCUT2D eigenvalue weighted by Gasteiger charge is 2.34. The minimum atomic E-state index is -0.512. The molecule has 8 nitrogen and oxygen atoms in total. The van der Waals surface area contributed by atoms with Crippen LogP contribution in [0.2, 0.25) is 0 Å². The summed E-state index contributed by atoms with van der Waals surface area (Å²) in [6, 6.07) is 14.9. The first-order valence-electron chi connectivity index (χ1n) is 10.9. The molecule has 1 aliphatic heterocycles. The van der Waals surface area contributed by atoms with E-state index in [4.69, 9.17) is 4.74 Å². The van der Waals surface area contributed by atoms with Crippen LogP contribution in [0.25, 0.3) is 5.69 Å². The molecule has 3 aromatic rings. The van der Waals surface area contributed by atoms with E-state index >= 15 is 0 Å². The van der Waals surface area contributed by atoms with E-state index in [0.29, 0.717) is 34.1 Å². The van der Waals surface area contributed by atoms with Crippen molar-refractivity contribution in [3.8, 4) is 11.4 Å². The topological polar surface area (TPSA) is 89.3 Å². The monoisotopic (exact) mass is 497 g/mol. The third-order valence-corrected chi connectivity index (χ3v) is 7.48. The number of amides is 2. The van der Waals surface area contributed by atoms with Crippen LogP contribution in [-0.4, -0.2) is 62.0 Å². The smallest absolute Gasteiger partial charge is 0.248 e. The number of rotatable bonds is 8. The van der Waals surface area contributed by atoms with Crippen LogP contribution in [0.15, 0.2) is 60.0 Å². The van der Waals surface area contributed by atoms with Crippen LogP contribution in [0.1, 0.15) is 25.3 Å². The third-order valence-electron chi connectivity index (χ3n) is 5.54. The molecule has 4 rings (SSSR count). The normalized spacial score (nSPS) is 15.5. The molecule has 2 heterocycles. The zero-order chi connectivity index (χ0) is 24.1. The summed E-state index contributed by atoms with van der Waals surface area (Å²) in [6.07, 6.45) is 1.65. The SMILES string of the molecule is COc1ccc(NC(=O)C2CSCN2C(=O)CSc2nncn2-c2ccc(C(C)C)cc2)cc1. The molecule has 34 heavy (non-hydrogen) atoms. The van der Waals surface area contributed by atoms with Crippen molar-refractivity contribution in [1.82, 2.24) is 19.7 Å². The van der Waals surface area contributed by atoms with E-state index in [0.717, 1.165) is 5.69 Å². The number of benzene rings is 2. The summed E-state index contributed by atoms with van der Waals surface area (Å²) in [5.74, 6) is 2.11. The van der Waals surface area contributed by atoms with Crippen molar-refractivity contribution < 1.29 is 14.3 Å². The van der Waals surface area contributed by atoms with Gasteiger partial charge in [0.1, 0.15) is 18.1 Å². The first kappa shape index (κ1) is 24.2. The minimum absolute atomic E-state index is 0.102. The van der Waals surface area contributed by atoms with Crippen LogP contribution < -0.4 is 10.1 Å². The zero-order valence-electron chi connectivity index (χ0n) is 19.3. The van der Waals surface area contributed by atoms with Crippen molar-refractivity contribution in [2.45, 2.75) is 31.0 Å². The number of methoxy groups -OCH3 is 1. The molecule has 0 aliphatic carbocycles. The average molecular weight is 498 g/mol. The fraction of sp³-hybridized carbons (Fsp3) is 0.333. The van der Waals surface area contributed by atoms with E-state index in [9.17, 15) is 9.59 Å². The maximum absolute atomic E-state index is 13.0. The molecular formula is C24H27N5O3S2. The van der Waals surface area contributed by atoms with Gasteiger partial charge >= 0.3 is 0 Å². The van der Waals surface area contributed by atoms with Gasteiger partial charge in [-0.3, -0.25) is 14.2 Å². The number of carbonyl (C=O) groups is 2. The van der Waals surface area contributed by atoms with Gasteiger partial charge in [0.25, 0.3) is 0 Å². The van der Waals surface area contributed by atoms with Gasteiger partial charge in [0, 0.05) is 17.1 Å². The van der Waals surface area contributed by atoms with E-state index < -0.39 is 6.04 Å². The second-order valence-electron chi connectivity index (χ2n) is 8.12. The van der Waals surface area contributed by atoms with E-state index in [1.54, 1.807) is 54.4 Å². The number of anilines is 1. The molecule has 1 aromatic heterocycles. The molecule has 1 N–H and O–H groups in total. The molecule has 0 radical (unpaired) electrons. The van der Waals surface area contributed by atoms with Gasteiger partial charge < -0.3 is 15.0 Å². The van der Waals surface area contributed by atoms with Crippen molar-refractivity contribution >= 4 is 41.0 Å². The number of hydrogen-bond donors (Lipinski definition) is 1. The molecule has 10 heteroatoms. The molecule has 2 aromatic carbocycles. The molecular weight excluding hydrogens is 470 g/mol. The van der Waals surface area contributed by atoms with E-state index in [-0.39, 0.29) is 17.6 Å². The largest absolute Gasteiger partial charge is 0.497 e. The van der Waals surface area contributed by atoms with Crippen molar-refractivity contribution in [2.75, 3.05) is 29.8 Å². The summed E-state index contributed by atoms with van der Waals surface area (Å²) >= 11 is 2.89. The number of thioether (sulfide) groups is 2. The van der Waals surface area contributed by atoms with Gasteiger partial charge in [-0.1, -0.05) is 37.7 Å². The van der Waals surface area contributed by atoms with Crippen LogP contribution in [0.5, 0.6) is 5.75 Å². The fourth-order valence-electron chi connectivity index (χ4n) is 3.53. The third kappa shape index (κ3) is 5.56. The molecule has 0 spiro atoms. The summed E-state index contributed by atoms with van der Waals surface area (Å²) in [4.78, 5) is 27.5. The van der Waals surface area contributed by atoms with Gasteiger partial charge in [0.05, 0.1) is 18.7 Å². The predicted molar refractivity (Wildman–Crippen MR) is 136 cm³/mol. The van der Waals surface area contributed by atoms with E-state index in [2.05, 4.69) is 41.5 Å². The Morgan fingerprint density at radius 2 is 1.91 bits per heavy atom. The Hall–Kier alpha value is -2.98. The first-order chi connectivity index (χ1) is 16.5. The summed E-state index contributed by atoms with van der Waals surface area (Å²) in [5.41, 5.74) is 2.87. The van der Waals surface area contributed by atoms with Gasteiger partial charge in [-0.2, -0.15) is 0 Å².